The Labute approximate surface area is 157 Å². The second kappa shape index (κ2) is 7.74. The summed E-state index contributed by atoms with van der Waals surface area (Å²) in [7, 11) is 0. The van der Waals surface area contributed by atoms with Crippen LogP contribution in [-0.2, 0) is 4.79 Å². The number of aromatic nitrogens is 2. The van der Waals surface area contributed by atoms with Crippen molar-refractivity contribution in [3.8, 4) is 5.69 Å². The molecule has 26 heavy (non-hydrogen) atoms. The second-order valence-corrected chi connectivity index (χ2v) is 6.57. The Morgan fingerprint density at radius 3 is 2.81 bits per heavy atom. The van der Waals surface area contributed by atoms with E-state index in [0.717, 1.165) is 12.1 Å². The summed E-state index contributed by atoms with van der Waals surface area (Å²) in [6.45, 7) is 7.03. The van der Waals surface area contributed by atoms with E-state index in [9.17, 15) is 9.59 Å². The molecule has 1 unspecified atom stereocenters. The second-order valence-electron chi connectivity index (χ2n) is 6.16. The molecule has 0 saturated carbocycles. The molecule has 1 aromatic heterocycles. The quantitative estimate of drug-likeness (QED) is 0.775. The van der Waals surface area contributed by atoms with Crippen molar-refractivity contribution in [2.75, 3.05) is 19.6 Å². The Bertz CT molecular complexity index is 819. The zero-order chi connectivity index (χ0) is 18.7. The molecule has 3 rings (SSSR count). The fraction of sp³-hybridized carbons (Fsp3) is 0.316. The number of hydrogen-bond donors (Lipinski definition) is 0. The topological polar surface area (TPSA) is 58.4 Å². The van der Waals surface area contributed by atoms with Gasteiger partial charge in [-0.1, -0.05) is 25.1 Å². The highest BCUT2D eigenvalue weighted by molar-refractivity contribution is 6.34. The fourth-order valence-electron chi connectivity index (χ4n) is 3.20. The minimum atomic E-state index is -0.112. The molecular formula is C19H21ClN4O2. The summed E-state index contributed by atoms with van der Waals surface area (Å²) in [5, 5.41) is 4.56. The first-order valence-corrected chi connectivity index (χ1v) is 8.94. The maximum atomic E-state index is 13.0. The van der Waals surface area contributed by atoms with Crippen LogP contribution in [0.1, 0.15) is 23.7 Å². The van der Waals surface area contributed by atoms with Gasteiger partial charge in [-0.05, 0) is 36.8 Å². The molecule has 6 nitrogen and oxygen atoms in total. The Hall–Kier alpha value is -2.60. The van der Waals surface area contributed by atoms with Crippen molar-refractivity contribution in [3.63, 3.8) is 0 Å². The molecule has 0 aliphatic carbocycles. The highest BCUT2D eigenvalue weighted by Crippen LogP contribution is 2.24. The fourth-order valence-corrected chi connectivity index (χ4v) is 3.45. The van der Waals surface area contributed by atoms with E-state index in [1.165, 1.54) is 6.08 Å². The average Bonchev–Trinajstić information content (AvgIpc) is 3.21. The lowest BCUT2D eigenvalue weighted by Gasteiger charge is -2.41. The van der Waals surface area contributed by atoms with E-state index in [1.54, 1.807) is 27.9 Å². The molecule has 0 N–H and O–H groups in total. The number of benzene rings is 1. The van der Waals surface area contributed by atoms with Gasteiger partial charge in [0.2, 0.25) is 5.91 Å². The zero-order valence-corrected chi connectivity index (χ0v) is 15.4. The van der Waals surface area contributed by atoms with Gasteiger partial charge < -0.3 is 9.80 Å². The van der Waals surface area contributed by atoms with E-state index < -0.39 is 0 Å². The summed E-state index contributed by atoms with van der Waals surface area (Å²) < 4.78 is 1.69. The van der Waals surface area contributed by atoms with Crippen LogP contribution in [0.4, 0.5) is 0 Å². The maximum absolute atomic E-state index is 13.0. The van der Waals surface area contributed by atoms with E-state index in [4.69, 9.17) is 11.6 Å². The first-order chi connectivity index (χ1) is 12.5. The standard InChI is InChI=1S/C19H21ClN4O2/c1-3-14-13-22(18(25)4-2)10-11-23(14)19(26)16-7-6-15(12-17(16)20)24-9-5-8-21-24/h4-9,12,14H,2-3,10-11,13H2,1H3. The Morgan fingerprint density at radius 2 is 2.19 bits per heavy atom. The number of halogens is 1. The lowest BCUT2D eigenvalue weighted by Crippen LogP contribution is -2.56. The van der Waals surface area contributed by atoms with Crippen molar-refractivity contribution in [1.29, 1.82) is 0 Å². The first-order valence-electron chi connectivity index (χ1n) is 8.57. The average molecular weight is 373 g/mol. The van der Waals surface area contributed by atoms with E-state index in [2.05, 4.69) is 11.7 Å². The highest BCUT2D eigenvalue weighted by Gasteiger charge is 2.32. The largest absolute Gasteiger partial charge is 0.335 e. The van der Waals surface area contributed by atoms with Gasteiger partial charge in [0.1, 0.15) is 0 Å². The van der Waals surface area contributed by atoms with Gasteiger partial charge >= 0.3 is 0 Å². The summed E-state index contributed by atoms with van der Waals surface area (Å²) in [5.41, 5.74) is 1.26. The minimum absolute atomic E-state index is 0.0398. The number of hydrogen-bond acceptors (Lipinski definition) is 3. The van der Waals surface area contributed by atoms with E-state index in [-0.39, 0.29) is 17.9 Å². The normalized spacial score (nSPS) is 17.2. The molecule has 2 aromatic rings. The van der Waals surface area contributed by atoms with Gasteiger partial charge in [0, 0.05) is 38.1 Å². The SMILES string of the molecule is C=CC(=O)N1CCN(C(=O)c2ccc(-n3cccn3)cc2Cl)C(CC)C1. The van der Waals surface area contributed by atoms with Gasteiger partial charge in [0.15, 0.2) is 0 Å². The number of amides is 2. The Kier molecular flexibility index (Phi) is 5.42. The van der Waals surface area contributed by atoms with Gasteiger partial charge in [0.05, 0.1) is 16.3 Å². The summed E-state index contributed by atoms with van der Waals surface area (Å²) in [6, 6.07) is 7.07. The monoisotopic (exact) mass is 372 g/mol. The third-order valence-corrected chi connectivity index (χ3v) is 4.97. The van der Waals surface area contributed by atoms with Crippen molar-refractivity contribution in [1.82, 2.24) is 19.6 Å². The summed E-state index contributed by atoms with van der Waals surface area (Å²) in [6.07, 6.45) is 5.57. The number of carbonyl (C=O) groups is 2. The molecular weight excluding hydrogens is 352 g/mol. The van der Waals surface area contributed by atoms with Crippen molar-refractivity contribution in [2.24, 2.45) is 0 Å². The van der Waals surface area contributed by atoms with Crippen LogP contribution in [0, 0.1) is 0 Å². The summed E-state index contributed by atoms with van der Waals surface area (Å²) in [5.74, 6) is -0.211. The zero-order valence-electron chi connectivity index (χ0n) is 14.6. The van der Waals surface area contributed by atoms with Crippen LogP contribution in [0.5, 0.6) is 0 Å². The Balaban J connectivity index is 1.80. The third kappa shape index (κ3) is 3.51. The van der Waals surface area contributed by atoms with E-state index >= 15 is 0 Å². The van der Waals surface area contributed by atoms with Crippen molar-refractivity contribution < 1.29 is 9.59 Å². The molecule has 1 aromatic carbocycles. The summed E-state index contributed by atoms with van der Waals surface area (Å²) in [4.78, 5) is 28.4. The van der Waals surface area contributed by atoms with Crippen molar-refractivity contribution in [3.05, 3.63) is 59.9 Å². The van der Waals surface area contributed by atoms with E-state index in [1.807, 2.05) is 30.2 Å². The lowest BCUT2D eigenvalue weighted by molar-refractivity contribution is -0.128. The van der Waals surface area contributed by atoms with Gasteiger partial charge in [-0.3, -0.25) is 9.59 Å². The predicted octanol–water partition coefficient (Wildman–Crippen LogP) is 2.77. The smallest absolute Gasteiger partial charge is 0.255 e. The minimum Gasteiger partial charge on any atom is -0.335 e. The molecule has 2 heterocycles. The van der Waals surface area contributed by atoms with Crippen LogP contribution in [0.25, 0.3) is 5.69 Å². The van der Waals surface area contributed by atoms with E-state index in [0.29, 0.717) is 30.2 Å². The van der Waals surface area contributed by atoms with Crippen molar-refractivity contribution in [2.45, 2.75) is 19.4 Å². The molecule has 2 amide bonds. The van der Waals surface area contributed by atoms with Crippen LogP contribution >= 0.6 is 11.6 Å². The van der Waals surface area contributed by atoms with Gasteiger partial charge in [-0.25, -0.2) is 4.68 Å². The number of piperazine rings is 1. The molecule has 1 saturated heterocycles. The molecule has 0 bridgehead atoms. The number of nitrogens with zero attached hydrogens (tertiary/aromatic N) is 4. The molecule has 7 heteroatoms. The van der Waals surface area contributed by atoms with Gasteiger partial charge in [-0.2, -0.15) is 5.10 Å². The predicted molar refractivity (Wildman–Crippen MR) is 100 cm³/mol. The summed E-state index contributed by atoms with van der Waals surface area (Å²) >= 11 is 6.39. The van der Waals surface area contributed by atoms with Crippen LogP contribution in [0.15, 0.2) is 49.3 Å². The van der Waals surface area contributed by atoms with Gasteiger partial charge in [-0.15, -0.1) is 0 Å². The molecule has 1 aliphatic rings. The Morgan fingerprint density at radius 1 is 1.38 bits per heavy atom. The highest BCUT2D eigenvalue weighted by atomic mass is 35.5. The third-order valence-electron chi connectivity index (χ3n) is 4.65. The van der Waals surface area contributed by atoms with Crippen molar-refractivity contribution >= 4 is 23.4 Å². The van der Waals surface area contributed by atoms with Gasteiger partial charge in [0.25, 0.3) is 5.91 Å². The first kappa shape index (κ1) is 18.2. The molecule has 136 valence electrons. The van der Waals surface area contributed by atoms with Crippen LogP contribution in [0.3, 0.4) is 0 Å². The molecule has 0 spiro atoms. The van der Waals surface area contributed by atoms with Crippen LogP contribution in [-0.4, -0.2) is 57.1 Å². The number of carbonyl (C=O) groups excluding carboxylic acids is 2. The molecule has 1 aliphatic heterocycles. The molecule has 0 radical (unpaired) electrons. The lowest BCUT2D eigenvalue weighted by atomic mass is 10.1. The molecule has 1 atom stereocenters. The number of rotatable bonds is 4. The molecule has 1 fully saturated rings. The van der Waals surface area contributed by atoms with Crippen LogP contribution < -0.4 is 0 Å². The maximum Gasteiger partial charge on any atom is 0.255 e. The van der Waals surface area contributed by atoms with Crippen LogP contribution in [0.2, 0.25) is 5.02 Å².